The van der Waals surface area contributed by atoms with Gasteiger partial charge in [-0.05, 0) is 62.6 Å². The third kappa shape index (κ3) is 6.69. The number of halogens is 1. The molecule has 0 bridgehead atoms. The van der Waals surface area contributed by atoms with Crippen molar-refractivity contribution in [1.29, 1.82) is 0 Å². The van der Waals surface area contributed by atoms with E-state index >= 15 is 0 Å². The van der Waals surface area contributed by atoms with Crippen molar-refractivity contribution < 1.29 is 23.9 Å². The Bertz CT molecular complexity index is 2000. The van der Waals surface area contributed by atoms with E-state index in [1.807, 2.05) is 38.1 Å². The number of esters is 1. The van der Waals surface area contributed by atoms with Crippen molar-refractivity contribution in [2.75, 3.05) is 13.2 Å². The van der Waals surface area contributed by atoms with Gasteiger partial charge in [-0.25, -0.2) is 9.79 Å². The summed E-state index contributed by atoms with van der Waals surface area (Å²) in [6.45, 7) is 7.79. The number of aromatic nitrogens is 1. The van der Waals surface area contributed by atoms with Crippen LogP contribution in [-0.2, 0) is 16.1 Å². The van der Waals surface area contributed by atoms with Crippen LogP contribution in [0.2, 0.25) is 5.02 Å². The summed E-state index contributed by atoms with van der Waals surface area (Å²) in [5.74, 6) is 0.109. The summed E-state index contributed by atoms with van der Waals surface area (Å²) in [6.07, 6.45) is 1.69. The Morgan fingerprint density at radius 2 is 1.84 bits per heavy atom. The molecule has 0 N–H and O–H groups in total. The van der Waals surface area contributed by atoms with E-state index in [1.165, 1.54) is 28.0 Å². The van der Waals surface area contributed by atoms with Crippen molar-refractivity contribution in [3.8, 4) is 11.5 Å². The van der Waals surface area contributed by atoms with Crippen molar-refractivity contribution in [3.05, 3.63) is 129 Å². The van der Waals surface area contributed by atoms with Crippen molar-refractivity contribution in [2.45, 2.75) is 40.3 Å². The monoisotopic (exact) mass is 647 g/mol. The van der Waals surface area contributed by atoms with Crippen LogP contribution in [0.1, 0.15) is 49.1 Å². The van der Waals surface area contributed by atoms with E-state index in [4.69, 9.17) is 25.8 Å². The Hall–Kier alpha value is -4.74. The summed E-state index contributed by atoms with van der Waals surface area (Å²) in [5, 5.41) is 11.4. The Morgan fingerprint density at radius 1 is 1.09 bits per heavy atom. The number of hydrogen-bond acceptors (Lipinski definition) is 9. The van der Waals surface area contributed by atoms with E-state index < -0.39 is 16.9 Å². The third-order valence-corrected chi connectivity index (χ3v) is 8.31. The molecule has 0 radical (unpaired) electrons. The predicted molar refractivity (Wildman–Crippen MR) is 172 cm³/mol. The molecule has 0 spiro atoms. The molecule has 1 atom stereocenters. The molecule has 4 aromatic rings. The summed E-state index contributed by atoms with van der Waals surface area (Å²) in [7, 11) is 0. The fourth-order valence-electron chi connectivity index (χ4n) is 5.00. The Labute approximate surface area is 267 Å². The minimum atomic E-state index is -0.713. The van der Waals surface area contributed by atoms with Crippen LogP contribution in [0.4, 0.5) is 5.69 Å². The highest BCUT2D eigenvalue weighted by molar-refractivity contribution is 7.07. The fraction of sp³-hybridized carbons (Fsp3) is 0.242. The highest BCUT2D eigenvalue weighted by atomic mass is 35.5. The molecule has 10 nitrogen and oxygen atoms in total. The summed E-state index contributed by atoms with van der Waals surface area (Å²) in [4.78, 5) is 42.8. The van der Waals surface area contributed by atoms with E-state index in [0.29, 0.717) is 44.1 Å². The molecule has 0 saturated heterocycles. The summed E-state index contributed by atoms with van der Waals surface area (Å²) >= 11 is 7.86. The lowest BCUT2D eigenvalue weighted by atomic mass is 9.95. The van der Waals surface area contributed by atoms with Crippen LogP contribution in [0, 0.1) is 17.0 Å². The average molecular weight is 648 g/mol. The molecule has 0 saturated carbocycles. The minimum Gasteiger partial charge on any atom is -0.490 e. The molecule has 12 heteroatoms. The Morgan fingerprint density at radius 3 is 2.53 bits per heavy atom. The first-order chi connectivity index (χ1) is 21.6. The van der Waals surface area contributed by atoms with E-state index in [-0.39, 0.29) is 35.2 Å². The van der Waals surface area contributed by atoms with Crippen LogP contribution >= 0.6 is 22.9 Å². The molecular formula is C33H30ClN3O7S. The number of ether oxygens (including phenoxy) is 3. The number of fused-ring (bicyclic) bond motifs is 1. The van der Waals surface area contributed by atoms with Gasteiger partial charge in [0.15, 0.2) is 16.3 Å². The zero-order valence-electron chi connectivity index (χ0n) is 25.0. The number of nitrogens with zero attached hydrogens (tertiary/aromatic N) is 3. The molecule has 0 aliphatic carbocycles. The van der Waals surface area contributed by atoms with Crippen LogP contribution < -0.4 is 24.4 Å². The first-order valence-electron chi connectivity index (χ1n) is 14.2. The van der Waals surface area contributed by atoms with Gasteiger partial charge in [-0.15, -0.1) is 0 Å². The van der Waals surface area contributed by atoms with Gasteiger partial charge in [0.25, 0.3) is 11.2 Å². The Balaban J connectivity index is 1.56. The molecule has 1 aliphatic rings. The number of hydrogen-bond donors (Lipinski definition) is 0. The smallest absolute Gasteiger partial charge is 0.338 e. The second-order valence-corrected chi connectivity index (χ2v) is 11.6. The van der Waals surface area contributed by atoms with Crippen molar-refractivity contribution in [1.82, 2.24) is 4.57 Å². The van der Waals surface area contributed by atoms with Gasteiger partial charge in [0.1, 0.15) is 6.61 Å². The van der Waals surface area contributed by atoms with Gasteiger partial charge in [-0.3, -0.25) is 19.5 Å². The van der Waals surface area contributed by atoms with Crippen LogP contribution in [0.3, 0.4) is 0 Å². The average Bonchev–Trinajstić information content (AvgIpc) is 3.30. The highest BCUT2D eigenvalue weighted by Crippen LogP contribution is 2.38. The zero-order valence-corrected chi connectivity index (χ0v) is 26.6. The van der Waals surface area contributed by atoms with Gasteiger partial charge in [0.05, 0.1) is 45.0 Å². The summed E-state index contributed by atoms with van der Waals surface area (Å²) in [6, 6.07) is 16.5. The summed E-state index contributed by atoms with van der Waals surface area (Å²) < 4.78 is 19.1. The maximum atomic E-state index is 14.0. The van der Waals surface area contributed by atoms with Gasteiger partial charge >= 0.3 is 5.97 Å². The van der Waals surface area contributed by atoms with E-state index in [9.17, 15) is 19.7 Å². The number of carbonyl (C=O) groups excluding carboxylic acids is 1. The minimum absolute atomic E-state index is 0.0284. The molecule has 3 aromatic carbocycles. The largest absolute Gasteiger partial charge is 0.490 e. The van der Waals surface area contributed by atoms with Crippen molar-refractivity contribution >= 4 is 40.7 Å². The molecule has 0 amide bonds. The van der Waals surface area contributed by atoms with Crippen LogP contribution in [-0.4, -0.2) is 28.7 Å². The van der Waals surface area contributed by atoms with Crippen LogP contribution in [0.5, 0.6) is 11.5 Å². The number of carbonyl (C=O) groups is 1. The predicted octanol–water partition coefficient (Wildman–Crippen LogP) is 5.65. The van der Waals surface area contributed by atoms with Gasteiger partial charge in [-0.2, -0.15) is 0 Å². The number of rotatable bonds is 10. The SMILES string of the molecule is CCOC(=O)C1=C(C)N=c2s/c(=C/c3cc(Cl)c(OCc4cccc([N+](=O)[O-])c4)c(OCC)c3)c(=O)n2[C@H]1c1ccc(C)cc1. The highest BCUT2D eigenvalue weighted by Gasteiger charge is 2.33. The van der Waals surface area contributed by atoms with Crippen LogP contribution in [0.25, 0.3) is 6.08 Å². The standard InChI is InChI=1S/C33H30ClN3O7S/c1-5-42-26-16-22(15-25(34)30(26)44-18-21-8-7-9-24(14-21)37(40)41)17-27-31(38)36-29(23-12-10-19(3)11-13-23)28(32(39)43-6-2)20(4)35-33(36)45-27/h7-17,29H,5-6,18H2,1-4H3/b27-17+/t29-/m0/s1. The Kier molecular flexibility index (Phi) is 9.50. The first kappa shape index (κ1) is 31.7. The second-order valence-electron chi connectivity index (χ2n) is 10.2. The topological polar surface area (TPSA) is 122 Å². The maximum Gasteiger partial charge on any atom is 0.338 e. The lowest BCUT2D eigenvalue weighted by molar-refractivity contribution is -0.384. The summed E-state index contributed by atoms with van der Waals surface area (Å²) in [5.41, 5.74) is 3.42. The number of nitro groups is 1. The lowest BCUT2D eigenvalue weighted by Gasteiger charge is -2.24. The van der Waals surface area contributed by atoms with Gasteiger partial charge < -0.3 is 14.2 Å². The molecule has 232 valence electrons. The van der Waals surface area contributed by atoms with Gasteiger partial charge in [0.2, 0.25) is 0 Å². The third-order valence-electron chi connectivity index (χ3n) is 7.04. The van der Waals surface area contributed by atoms with Gasteiger partial charge in [0, 0.05) is 12.1 Å². The van der Waals surface area contributed by atoms with Crippen molar-refractivity contribution in [3.63, 3.8) is 0 Å². The normalized spacial score (nSPS) is 14.5. The first-order valence-corrected chi connectivity index (χ1v) is 15.4. The number of non-ortho nitro benzene ring substituents is 1. The molecule has 1 aromatic heterocycles. The molecular weight excluding hydrogens is 618 g/mol. The quantitative estimate of drug-likeness (QED) is 0.124. The molecule has 2 heterocycles. The van der Waals surface area contributed by atoms with Crippen molar-refractivity contribution in [2.24, 2.45) is 4.99 Å². The number of benzene rings is 3. The lowest BCUT2D eigenvalue weighted by Crippen LogP contribution is -2.39. The number of nitro benzene ring substituents is 1. The number of allylic oxidation sites excluding steroid dienone is 1. The van der Waals surface area contributed by atoms with E-state index in [2.05, 4.69) is 4.99 Å². The maximum absolute atomic E-state index is 14.0. The van der Waals surface area contributed by atoms with Crippen LogP contribution in [0.15, 0.2) is 81.7 Å². The molecule has 5 rings (SSSR count). The molecule has 1 aliphatic heterocycles. The van der Waals surface area contributed by atoms with Gasteiger partial charge in [-0.1, -0.05) is 64.9 Å². The number of thiazole rings is 1. The molecule has 45 heavy (non-hydrogen) atoms. The van der Waals surface area contributed by atoms with E-state index in [1.54, 1.807) is 44.2 Å². The van der Waals surface area contributed by atoms with E-state index in [0.717, 1.165) is 11.1 Å². The molecule has 0 fully saturated rings. The second kappa shape index (κ2) is 13.5. The zero-order chi connectivity index (χ0) is 32.2. The molecule has 0 unspecified atom stereocenters. The fourth-order valence-corrected chi connectivity index (χ4v) is 6.32. The number of aryl methyl sites for hydroxylation is 1.